The lowest BCUT2D eigenvalue weighted by Crippen LogP contribution is -2.50. The van der Waals surface area contributed by atoms with Crippen LogP contribution in [0.25, 0.3) is 0 Å². The maximum atomic E-state index is 12.6. The number of nitrogens with one attached hydrogen (secondary N) is 2. The Morgan fingerprint density at radius 2 is 1.80 bits per heavy atom. The molecule has 0 atom stereocenters. The van der Waals surface area contributed by atoms with Crippen molar-refractivity contribution in [2.75, 3.05) is 18.5 Å². The van der Waals surface area contributed by atoms with Crippen molar-refractivity contribution in [3.05, 3.63) is 64.7 Å². The molecule has 6 heteroatoms. The number of nitrogens with zero attached hydrogens (tertiary/aromatic N) is 1. The molecular weight excluding hydrogens is 338 g/mol. The Kier molecular flexibility index (Phi) is 5.22. The summed E-state index contributed by atoms with van der Waals surface area (Å²) in [6.07, 6.45) is 1.34. The molecule has 0 aromatic heterocycles. The first-order valence-electron chi connectivity index (χ1n) is 8.05. The molecule has 1 saturated heterocycles. The van der Waals surface area contributed by atoms with Gasteiger partial charge >= 0.3 is 6.03 Å². The Bertz CT molecular complexity index is 793. The summed E-state index contributed by atoms with van der Waals surface area (Å²) in [5.41, 5.74) is 1.38. The van der Waals surface area contributed by atoms with Gasteiger partial charge in [-0.1, -0.05) is 35.9 Å². The number of amides is 2. The van der Waals surface area contributed by atoms with E-state index in [9.17, 15) is 4.79 Å². The lowest BCUT2D eigenvalue weighted by atomic mass is 9.83. The second-order valence-electron chi connectivity index (χ2n) is 5.94. The van der Waals surface area contributed by atoms with Gasteiger partial charge in [-0.15, -0.1) is 0 Å². The summed E-state index contributed by atoms with van der Waals surface area (Å²) >= 11 is 5.99. The number of hydrogen-bond acceptors (Lipinski definition) is 3. The summed E-state index contributed by atoms with van der Waals surface area (Å²) < 4.78 is 5.47. The second-order valence-corrected chi connectivity index (χ2v) is 6.37. The van der Waals surface area contributed by atoms with Gasteiger partial charge in [0.25, 0.3) is 0 Å². The Balaban J connectivity index is 1.82. The summed E-state index contributed by atoms with van der Waals surface area (Å²) in [7, 11) is 0. The van der Waals surface area contributed by atoms with Gasteiger partial charge in [0.15, 0.2) is 0 Å². The quantitative estimate of drug-likeness (QED) is 0.872. The molecule has 2 aromatic carbocycles. The Labute approximate surface area is 151 Å². The number of urea groups is 1. The highest BCUT2D eigenvalue weighted by molar-refractivity contribution is 6.30. The van der Waals surface area contributed by atoms with Gasteiger partial charge in [0.2, 0.25) is 0 Å². The number of ether oxygens (including phenoxy) is 1. The molecule has 0 saturated carbocycles. The third-order valence-electron chi connectivity index (χ3n) is 4.39. The molecule has 0 bridgehead atoms. The average molecular weight is 356 g/mol. The number of hydrogen-bond donors (Lipinski definition) is 2. The fourth-order valence-electron chi connectivity index (χ4n) is 3.04. The highest BCUT2D eigenvalue weighted by atomic mass is 35.5. The summed E-state index contributed by atoms with van der Waals surface area (Å²) in [5.74, 6) is 0. The zero-order valence-corrected chi connectivity index (χ0v) is 14.3. The number of carbonyl (C=O) groups excluding carboxylic acids is 1. The molecule has 1 heterocycles. The van der Waals surface area contributed by atoms with Gasteiger partial charge in [0, 0.05) is 18.2 Å². The van der Waals surface area contributed by atoms with Crippen LogP contribution in [0.2, 0.25) is 5.02 Å². The van der Waals surface area contributed by atoms with Gasteiger partial charge in [-0.3, -0.25) is 0 Å². The highest BCUT2D eigenvalue weighted by Crippen LogP contribution is 2.33. The number of benzene rings is 2. The van der Waals surface area contributed by atoms with Crippen LogP contribution in [0, 0.1) is 11.3 Å². The minimum atomic E-state index is -0.519. The average Bonchev–Trinajstić information content (AvgIpc) is 2.63. The predicted octanol–water partition coefficient (Wildman–Crippen LogP) is 4.04. The first-order chi connectivity index (χ1) is 12.1. The van der Waals surface area contributed by atoms with Gasteiger partial charge in [-0.2, -0.15) is 5.26 Å². The van der Waals surface area contributed by atoms with Gasteiger partial charge in [-0.25, -0.2) is 4.79 Å². The Hall–Kier alpha value is -2.55. The van der Waals surface area contributed by atoms with Gasteiger partial charge in [-0.05, 0) is 42.7 Å². The van der Waals surface area contributed by atoms with Crippen LogP contribution in [0.15, 0.2) is 48.5 Å². The van der Waals surface area contributed by atoms with Crippen molar-refractivity contribution in [2.24, 2.45) is 0 Å². The van der Waals surface area contributed by atoms with E-state index < -0.39 is 5.54 Å². The van der Waals surface area contributed by atoms with Crippen molar-refractivity contribution >= 4 is 23.3 Å². The van der Waals surface area contributed by atoms with Crippen molar-refractivity contribution in [1.82, 2.24) is 5.32 Å². The largest absolute Gasteiger partial charge is 0.381 e. The molecule has 1 aliphatic heterocycles. The fraction of sp³-hybridized carbons (Fsp3) is 0.263. The molecule has 0 spiro atoms. The summed E-state index contributed by atoms with van der Waals surface area (Å²) in [6.45, 7) is 1.13. The zero-order chi connectivity index (χ0) is 17.7. The SMILES string of the molecule is N#Cc1ccccc1NC(=O)NC1(c2ccc(Cl)cc2)CCOCC1. The molecule has 1 fully saturated rings. The Morgan fingerprint density at radius 1 is 1.12 bits per heavy atom. The Morgan fingerprint density at radius 3 is 2.48 bits per heavy atom. The maximum Gasteiger partial charge on any atom is 0.319 e. The molecule has 3 rings (SSSR count). The van der Waals surface area contributed by atoms with E-state index in [1.54, 1.807) is 24.3 Å². The van der Waals surface area contributed by atoms with Crippen LogP contribution < -0.4 is 10.6 Å². The summed E-state index contributed by atoms with van der Waals surface area (Å²) in [4.78, 5) is 12.6. The monoisotopic (exact) mass is 355 g/mol. The normalized spacial score (nSPS) is 15.8. The standard InChI is InChI=1S/C19H18ClN3O2/c20-16-7-5-15(6-8-16)19(9-11-25-12-10-19)23-18(24)22-17-4-2-1-3-14(17)13-21/h1-8H,9-12H2,(H2,22,23,24). The lowest BCUT2D eigenvalue weighted by Gasteiger charge is -2.38. The van der Waals surface area contributed by atoms with Gasteiger partial charge < -0.3 is 15.4 Å². The van der Waals surface area contributed by atoms with Crippen molar-refractivity contribution < 1.29 is 9.53 Å². The second kappa shape index (κ2) is 7.56. The number of carbonyl (C=O) groups is 1. The zero-order valence-electron chi connectivity index (χ0n) is 13.6. The van der Waals surface area contributed by atoms with Crippen LogP contribution in [0.1, 0.15) is 24.0 Å². The molecule has 0 radical (unpaired) electrons. The van der Waals surface area contributed by atoms with E-state index in [2.05, 4.69) is 16.7 Å². The first-order valence-corrected chi connectivity index (χ1v) is 8.43. The molecule has 2 aromatic rings. The van der Waals surface area contributed by atoms with Crippen LogP contribution in [-0.4, -0.2) is 19.2 Å². The third kappa shape index (κ3) is 3.93. The van der Waals surface area contributed by atoms with Gasteiger partial charge in [0.05, 0.1) is 16.8 Å². The number of anilines is 1. The van der Waals surface area contributed by atoms with E-state index in [0.29, 0.717) is 42.3 Å². The van der Waals surface area contributed by atoms with E-state index in [1.807, 2.05) is 24.3 Å². The summed E-state index contributed by atoms with van der Waals surface area (Å²) in [6, 6.07) is 16.1. The van der Waals surface area contributed by atoms with E-state index in [4.69, 9.17) is 21.6 Å². The van der Waals surface area contributed by atoms with E-state index in [0.717, 1.165) is 5.56 Å². The lowest BCUT2D eigenvalue weighted by molar-refractivity contribution is 0.0418. The molecular formula is C19H18ClN3O2. The fourth-order valence-corrected chi connectivity index (χ4v) is 3.16. The van der Waals surface area contributed by atoms with E-state index >= 15 is 0 Å². The molecule has 2 N–H and O–H groups in total. The van der Waals surface area contributed by atoms with Gasteiger partial charge in [0.1, 0.15) is 6.07 Å². The maximum absolute atomic E-state index is 12.6. The number of nitriles is 1. The molecule has 128 valence electrons. The highest BCUT2D eigenvalue weighted by Gasteiger charge is 2.36. The summed E-state index contributed by atoms with van der Waals surface area (Å²) in [5, 5.41) is 15.7. The van der Waals surface area contributed by atoms with Crippen molar-refractivity contribution in [2.45, 2.75) is 18.4 Å². The molecule has 25 heavy (non-hydrogen) atoms. The molecule has 2 amide bonds. The topological polar surface area (TPSA) is 74.2 Å². The number of rotatable bonds is 3. The van der Waals surface area contributed by atoms with Crippen molar-refractivity contribution in [3.8, 4) is 6.07 Å². The third-order valence-corrected chi connectivity index (χ3v) is 4.64. The molecule has 0 aliphatic carbocycles. The molecule has 0 unspecified atom stereocenters. The number of halogens is 1. The number of para-hydroxylation sites is 1. The van der Waals surface area contributed by atoms with E-state index in [-0.39, 0.29) is 6.03 Å². The van der Waals surface area contributed by atoms with Crippen LogP contribution in [0.4, 0.5) is 10.5 Å². The van der Waals surface area contributed by atoms with Crippen LogP contribution in [-0.2, 0) is 10.3 Å². The smallest absolute Gasteiger partial charge is 0.319 e. The molecule has 1 aliphatic rings. The van der Waals surface area contributed by atoms with Crippen molar-refractivity contribution in [3.63, 3.8) is 0 Å². The van der Waals surface area contributed by atoms with Crippen LogP contribution in [0.3, 0.4) is 0 Å². The van der Waals surface area contributed by atoms with Crippen LogP contribution in [0.5, 0.6) is 0 Å². The minimum absolute atomic E-state index is 0.348. The van der Waals surface area contributed by atoms with Crippen molar-refractivity contribution in [1.29, 1.82) is 5.26 Å². The predicted molar refractivity (Wildman–Crippen MR) is 96.5 cm³/mol. The first kappa shape index (κ1) is 17.3. The molecule has 5 nitrogen and oxygen atoms in total. The van der Waals surface area contributed by atoms with E-state index in [1.165, 1.54) is 0 Å². The van der Waals surface area contributed by atoms with Crippen LogP contribution >= 0.6 is 11.6 Å². The minimum Gasteiger partial charge on any atom is -0.381 e.